The Bertz CT molecular complexity index is 762. The highest BCUT2D eigenvalue weighted by Gasteiger charge is 2.09. The zero-order chi connectivity index (χ0) is 18.2. The molecule has 0 spiro atoms. The molecule has 6 heteroatoms. The minimum Gasteiger partial charge on any atom is -0.496 e. The van der Waals surface area contributed by atoms with E-state index in [1.807, 2.05) is 6.07 Å². The van der Waals surface area contributed by atoms with Crippen LogP contribution in [0.3, 0.4) is 0 Å². The molecule has 0 aromatic heterocycles. The lowest BCUT2D eigenvalue weighted by atomic mass is 10.1. The molecule has 25 heavy (non-hydrogen) atoms. The standard InChI is InChI=1S/C19H21FN2O3/c1-13(23)22-16-7-8-18(25-2)15(11-16)9-10-21-19(24)12-14-5-3-4-6-17(14)20/h3-8,11H,9-10,12H2,1-2H3,(H,21,24)(H,22,23). The minimum atomic E-state index is -0.387. The summed E-state index contributed by atoms with van der Waals surface area (Å²) in [5.41, 5.74) is 1.89. The zero-order valence-electron chi connectivity index (χ0n) is 14.3. The van der Waals surface area contributed by atoms with Gasteiger partial charge in [-0.2, -0.15) is 0 Å². The second kappa shape index (κ2) is 8.82. The molecule has 5 nitrogen and oxygen atoms in total. The van der Waals surface area contributed by atoms with Gasteiger partial charge in [-0.3, -0.25) is 9.59 Å². The molecule has 0 saturated heterocycles. The quantitative estimate of drug-likeness (QED) is 0.811. The van der Waals surface area contributed by atoms with Gasteiger partial charge in [0.1, 0.15) is 11.6 Å². The first-order valence-corrected chi connectivity index (χ1v) is 7.94. The van der Waals surface area contributed by atoms with Crippen LogP contribution < -0.4 is 15.4 Å². The highest BCUT2D eigenvalue weighted by molar-refractivity contribution is 5.88. The summed E-state index contributed by atoms with van der Waals surface area (Å²) in [5.74, 6) is -0.115. The third-order valence-corrected chi connectivity index (χ3v) is 3.63. The van der Waals surface area contributed by atoms with E-state index in [0.717, 1.165) is 5.56 Å². The van der Waals surface area contributed by atoms with E-state index in [-0.39, 0.29) is 24.1 Å². The van der Waals surface area contributed by atoms with Crippen LogP contribution in [0.5, 0.6) is 5.75 Å². The van der Waals surface area contributed by atoms with Crippen molar-refractivity contribution in [2.75, 3.05) is 19.0 Å². The van der Waals surface area contributed by atoms with Gasteiger partial charge in [0, 0.05) is 19.2 Å². The van der Waals surface area contributed by atoms with Crippen LogP contribution in [-0.2, 0) is 22.4 Å². The molecule has 132 valence electrons. The van der Waals surface area contributed by atoms with Crippen LogP contribution in [0.1, 0.15) is 18.1 Å². The molecule has 0 bridgehead atoms. The van der Waals surface area contributed by atoms with Crippen molar-refractivity contribution in [3.8, 4) is 5.75 Å². The van der Waals surface area contributed by atoms with E-state index in [4.69, 9.17) is 4.74 Å². The van der Waals surface area contributed by atoms with E-state index in [1.165, 1.54) is 13.0 Å². The maximum Gasteiger partial charge on any atom is 0.224 e. The first kappa shape index (κ1) is 18.4. The maximum absolute atomic E-state index is 13.6. The van der Waals surface area contributed by atoms with Crippen molar-refractivity contribution in [2.45, 2.75) is 19.8 Å². The third kappa shape index (κ3) is 5.60. The number of nitrogens with one attached hydrogen (secondary N) is 2. The number of benzene rings is 2. The number of carbonyl (C=O) groups is 2. The second-order valence-electron chi connectivity index (χ2n) is 5.58. The van der Waals surface area contributed by atoms with Crippen LogP contribution in [0, 0.1) is 5.82 Å². The molecule has 2 amide bonds. The molecule has 0 heterocycles. The molecular weight excluding hydrogens is 323 g/mol. The Morgan fingerprint density at radius 1 is 1.12 bits per heavy atom. The maximum atomic E-state index is 13.6. The topological polar surface area (TPSA) is 67.4 Å². The zero-order valence-corrected chi connectivity index (χ0v) is 14.3. The fourth-order valence-corrected chi connectivity index (χ4v) is 2.47. The van der Waals surface area contributed by atoms with Crippen LogP contribution in [0.2, 0.25) is 0 Å². The highest BCUT2D eigenvalue weighted by Crippen LogP contribution is 2.23. The summed E-state index contributed by atoms with van der Waals surface area (Å²) in [6.45, 7) is 1.82. The van der Waals surface area contributed by atoms with Crippen molar-refractivity contribution >= 4 is 17.5 Å². The van der Waals surface area contributed by atoms with E-state index in [1.54, 1.807) is 37.4 Å². The predicted octanol–water partition coefficient (Wildman–Crippen LogP) is 2.69. The Kier molecular flexibility index (Phi) is 6.51. The molecule has 0 fully saturated rings. The van der Waals surface area contributed by atoms with Crippen molar-refractivity contribution in [1.29, 1.82) is 0 Å². The molecule has 2 rings (SSSR count). The normalized spacial score (nSPS) is 10.2. The summed E-state index contributed by atoms with van der Waals surface area (Å²) in [6, 6.07) is 11.5. The van der Waals surface area contributed by atoms with Crippen molar-refractivity contribution in [3.05, 3.63) is 59.4 Å². The molecule has 0 radical (unpaired) electrons. The lowest BCUT2D eigenvalue weighted by Gasteiger charge is -2.12. The molecule has 0 aliphatic rings. The highest BCUT2D eigenvalue weighted by atomic mass is 19.1. The number of ether oxygens (including phenoxy) is 1. The minimum absolute atomic E-state index is 0.00423. The fourth-order valence-electron chi connectivity index (χ4n) is 2.47. The van der Waals surface area contributed by atoms with E-state index in [9.17, 15) is 14.0 Å². The van der Waals surface area contributed by atoms with Crippen LogP contribution in [0.25, 0.3) is 0 Å². The first-order chi connectivity index (χ1) is 12.0. The van der Waals surface area contributed by atoms with Crippen molar-refractivity contribution in [1.82, 2.24) is 5.32 Å². The van der Waals surface area contributed by atoms with Gasteiger partial charge in [-0.1, -0.05) is 18.2 Å². The van der Waals surface area contributed by atoms with Crippen molar-refractivity contribution in [3.63, 3.8) is 0 Å². The molecular formula is C19H21FN2O3. The Balaban J connectivity index is 1.93. The van der Waals surface area contributed by atoms with Gasteiger partial charge in [-0.25, -0.2) is 4.39 Å². The number of hydrogen-bond acceptors (Lipinski definition) is 3. The van der Waals surface area contributed by atoms with Crippen LogP contribution >= 0.6 is 0 Å². The van der Waals surface area contributed by atoms with E-state index in [0.29, 0.717) is 30.0 Å². The predicted molar refractivity (Wildman–Crippen MR) is 94.1 cm³/mol. The summed E-state index contributed by atoms with van der Waals surface area (Å²) in [4.78, 5) is 23.1. The lowest BCUT2D eigenvalue weighted by Crippen LogP contribution is -2.27. The first-order valence-electron chi connectivity index (χ1n) is 7.94. The summed E-state index contributed by atoms with van der Waals surface area (Å²) < 4.78 is 18.9. The summed E-state index contributed by atoms with van der Waals surface area (Å²) in [7, 11) is 1.56. The molecule has 2 aromatic carbocycles. The largest absolute Gasteiger partial charge is 0.496 e. The van der Waals surface area contributed by atoms with Gasteiger partial charge in [0.05, 0.1) is 13.5 Å². The van der Waals surface area contributed by atoms with E-state index >= 15 is 0 Å². The average Bonchev–Trinajstić information content (AvgIpc) is 2.57. The van der Waals surface area contributed by atoms with Crippen LogP contribution in [-0.4, -0.2) is 25.5 Å². The van der Waals surface area contributed by atoms with Gasteiger partial charge in [-0.15, -0.1) is 0 Å². The Hall–Kier alpha value is -2.89. The molecule has 0 atom stereocenters. The van der Waals surface area contributed by atoms with Gasteiger partial charge in [0.15, 0.2) is 0 Å². The summed E-state index contributed by atoms with van der Waals surface area (Å²) >= 11 is 0. The van der Waals surface area contributed by atoms with Gasteiger partial charge in [-0.05, 0) is 41.8 Å². The summed E-state index contributed by atoms with van der Waals surface area (Å²) in [6.07, 6.45) is 0.523. The fraction of sp³-hybridized carbons (Fsp3) is 0.263. The monoisotopic (exact) mass is 344 g/mol. The molecule has 0 saturated carbocycles. The van der Waals surface area contributed by atoms with Gasteiger partial charge in [0.25, 0.3) is 0 Å². The third-order valence-electron chi connectivity index (χ3n) is 3.63. The number of carbonyl (C=O) groups excluding carboxylic acids is 2. The van der Waals surface area contributed by atoms with Crippen LogP contribution in [0.15, 0.2) is 42.5 Å². The Morgan fingerprint density at radius 2 is 1.88 bits per heavy atom. The number of methoxy groups -OCH3 is 1. The molecule has 2 N–H and O–H groups in total. The summed E-state index contributed by atoms with van der Waals surface area (Å²) in [5, 5.41) is 5.48. The second-order valence-corrected chi connectivity index (χ2v) is 5.58. The number of rotatable bonds is 7. The number of anilines is 1. The molecule has 0 aliphatic heterocycles. The number of amides is 2. The van der Waals surface area contributed by atoms with Crippen molar-refractivity contribution < 1.29 is 18.7 Å². The Labute approximate surface area is 146 Å². The molecule has 0 aliphatic carbocycles. The molecule has 2 aromatic rings. The van der Waals surface area contributed by atoms with Crippen LogP contribution in [0.4, 0.5) is 10.1 Å². The van der Waals surface area contributed by atoms with Crippen molar-refractivity contribution in [2.24, 2.45) is 0 Å². The van der Waals surface area contributed by atoms with E-state index in [2.05, 4.69) is 10.6 Å². The smallest absolute Gasteiger partial charge is 0.224 e. The average molecular weight is 344 g/mol. The SMILES string of the molecule is COc1ccc(NC(C)=O)cc1CCNC(=O)Cc1ccccc1F. The van der Waals surface area contributed by atoms with Gasteiger partial charge >= 0.3 is 0 Å². The van der Waals surface area contributed by atoms with E-state index < -0.39 is 0 Å². The Morgan fingerprint density at radius 3 is 2.56 bits per heavy atom. The number of hydrogen-bond donors (Lipinski definition) is 2. The van der Waals surface area contributed by atoms with Gasteiger partial charge in [0.2, 0.25) is 11.8 Å². The molecule has 0 unspecified atom stereocenters. The number of halogens is 1. The lowest BCUT2D eigenvalue weighted by molar-refractivity contribution is -0.120. The van der Waals surface area contributed by atoms with Gasteiger partial charge < -0.3 is 15.4 Å².